The summed E-state index contributed by atoms with van der Waals surface area (Å²) >= 11 is 0. The van der Waals surface area contributed by atoms with Gasteiger partial charge in [0.15, 0.2) is 0 Å². The molecule has 0 spiro atoms. The molecule has 21 heavy (non-hydrogen) atoms. The highest BCUT2D eigenvalue weighted by Gasteiger charge is 2.04. The minimum atomic E-state index is -0.623. The lowest BCUT2D eigenvalue weighted by Gasteiger charge is -1.94. The van der Waals surface area contributed by atoms with E-state index in [9.17, 15) is 4.79 Å². The van der Waals surface area contributed by atoms with Gasteiger partial charge in [0.05, 0.1) is 17.2 Å². The third-order valence-corrected chi connectivity index (χ3v) is 2.82. The van der Waals surface area contributed by atoms with E-state index in [1.165, 1.54) is 11.6 Å². The molecular formula is C13H12N6O2. The Hall–Kier alpha value is -3.00. The summed E-state index contributed by atoms with van der Waals surface area (Å²) in [5.74, 6) is 0.145. The number of para-hydroxylation sites is 2. The second-order valence-corrected chi connectivity index (χ2v) is 4.35. The van der Waals surface area contributed by atoms with Crippen molar-refractivity contribution in [2.75, 3.05) is 0 Å². The van der Waals surface area contributed by atoms with Crippen molar-refractivity contribution in [1.29, 1.82) is 0 Å². The molecule has 0 saturated carbocycles. The number of benzene rings is 1. The Balaban J connectivity index is 1.74. The van der Waals surface area contributed by atoms with Crippen molar-refractivity contribution in [3.63, 3.8) is 0 Å². The second-order valence-electron chi connectivity index (χ2n) is 4.35. The Morgan fingerprint density at radius 2 is 2.29 bits per heavy atom. The molecular weight excluding hydrogens is 272 g/mol. The summed E-state index contributed by atoms with van der Waals surface area (Å²) in [7, 11) is 0. The number of nitrogens with one attached hydrogen (secondary N) is 2. The molecule has 1 amide bonds. The first-order valence-electron chi connectivity index (χ1n) is 6.20. The number of hydrogen-bond donors (Lipinski definition) is 3. The number of rotatable bonds is 4. The Labute approximate surface area is 119 Å². The summed E-state index contributed by atoms with van der Waals surface area (Å²) in [4.78, 5) is 18.5. The quantitative estimate of drug-likeness (QED) is 0.371. The molecule has 0 unspecified atom stereocenters. The van der Waals surface area contributed by atoms with E-state index in [4.69, 9.17) is 5.21 Å². The highest BCUT2D eigenvalue weighted by Crippen LogP contribution is 2.11. The van der Waals surface area contributed by atoms with Crippen molar-refractivity contribution < 1.29 is 10.0 Å². The van der Waals surface area contributed by atoms with Crippen LogP contribution in [0.25, 0.3) is 17.1 Å². The normalized spacial score (nSPS) is 11.3. The lowest BCUT2D eigenvalue weighted by molar-refractivity contribution is -0.124. The van der Waals surface area contributed by atoms with Crippen molar-refractivity contribution in [2.24, 2.45) is 0 Å². The summed E-state index contributed by atoms with van der Waals surface area (Å²) in [5.41, 5.74) is 3.87. The maximum absolute atomic E-state index is 10.9. The van der Waals surface area contributed by atoms with Crippen LogP contribution < -0.4 is 5.48 Å². The van der Waals surface area contributed by atoms with Gasteiger partial charge in [-0.05, 0) is 18.2 Å². The first kappa shape index (κ1) is 13.0. The predicted molar refractivity (Wildman–Crippen MR) is 74.2 cm³/mol. The van der Waals surface area contributed by atoms with Gasteiger partial charge in [-0.1, -0.05) is 17.3 Å². The van der Waals surface area contributed by atoms with Crippen LogP contribution in [-0.2, 0) is 11.3 Å². The van der Waals surface area contributed by atoms with Crippen molar-refractivity contribution in [3.8, 4) is 0 Å². The minimum Gasteiger partial charge on any atom is -0.340 e. The number of amides is 1. The van der Waals surface area contributed by atoms with Crippen LogP contribution in [0.5, 0.6) is 0 Å². The molecule has 0 aliphatic rings. The average molecular weight is 284 g/mol. The molecule has 3 rings (SSSR count). The number of aromatic nitrogens is 5. The van der Waals surface area contributed by atoms with E-state index in [-0.39, 0.29) is 0 Å². The van der Waals surface area contributed by atoms with Crippen LogP contribution in [0.3, 0.4) is 0 Å². The van der Waals surface area contributed by atoms with Crippen LogP contribution in [0.1, 0.15) is 11.5 Å². The second kappa shape index (κ2) is 5.55. The number of hydrogen-bond acceptors (Lipinski definition) is 5. The summed E-state index contributed by atoms with van der Waals surface area (Å²) in [6.07, 6.45) is 4.29. The number of carbonyl (C=O) groups excluding carboxylic acids is 1. The third kappa shape index (κ3) is 2.95. The van der Waals surface area contributed by atoms with Gasteiger partial charge in [-0.2, -0.15) is 0 Å². The molecule has 2 aromatic heterocycles. The number of imidazole rings is 1. The summed E-state index contributed by atoms with van der Waals surface area (Å²) < 4.78 is 1.61. The van der Waals surface area contributed by atoms with E-state index in [0.717, 1.165) is 22.9 Å². The van der Waals surface area contributed by atoms with Gasteiger partial charge in [-0.15, -0.1) is 5.10 Å². The minimum absolute atomic E-state index is 0.446. The highest BCUT2D eigenvalue weighted by molar-refractivity contribution is 5.90. The maximum atomic E-state index is 10.9. The van der Waals surface area contributed by atoms with Gasteiger partial charge in [-0.3, -0.25) is 10.0 Å². The van der Waals surface area contributed by atoms with Gasteiger partial charge >= 0.3 is 0 Å². The molecule has 8 heteroatoms. The first-order valence-corrected chi connectivity index (χ1v) is 6.20. The van der Waals surface area contributed by atoms with Gasteiger partial charge < -0.3 is 4.98 Å². The third-order valence-electron chi connectivity index (χ3n) is 2.82. The van der Waals surface area contributed by atoms with E-state index >= 15 is 0 Å². The van der Waals surface area contributed by atoms with Gasteiger partial charge in [0, 0.05) is 6.08 Å². The smallest absolute Gasteiger partial charge is 0.267 e. The number of aromatic amines is 1. The van der Waals surface area contributed by atoms with Crippen molar-refractivity contribution in [1.82, 2.24) is 30.4 Å². The van der Waals surface area contributed by atoms with Crippen molar-refractivity contribution in [3.05, 3.63) is 48.1 Å². The molecule has 2 heterocycles. The van der Waals surface area contributed by atoms with Gasteiger partial charge in [0.2, 0.25) is 0 Å². The molecule has 0 aliphatic carbocycles. The standard InChI is InChI=1S/C13H12N6O2/c20-13(17-21)6-5-9-7-19(18-16-9)8-12-14-10-3-1-2-4-11(10)15-12/h1-7,21H,8H2,(H,14,15)(H,17,20)/b6-5+. The van der Waals surface area contributed by atoms with Crippen LogP contribution in [0.2, 0.25) is 0 Å². The Morgan fingerprint density at radius 3 is 3.10 bits per heavy atom. The van der Waals surface area contributed by atoms with Crippen LogP contribution in [-0.4, -0.2) is 36.1 Å². The van der Waals surface area contributed by atoms with Crippen LogP contribution in [0.4, 0.5) is 0 Å². The van der Waals surface area contributed by atoms with E-state index in [1.54, 1.807) is 10.9 Å². The fourth-order valence-electron chi connectivity index (χ4n) is 1.90. The maximum Gasteiger partial charge on any atom is 0.267 e. The molecule has 1 aromatic carbocycles. The SMILES string of the molecule is O=C(/C=C/c1cn(Cc2nc3ccccc3[nH]2)nn1)NO. The topological polar surface area (TPSA) is 109 Å². The Kier molecular flexibility index (Phi) is 3.44. The molecule has 0 bridgehead atoms. The highest BCUT2D eigenvalue weighted by atomic mass is 16.5. The molecule has 0 atom stereocenters. The van der Waals surface area contributed by atoms with Gasteiger partial charge in [-0.25, -0.2) is 15.1 Å². The van der Waals surface area contributed by atoms with Gasteiger partial charge in [0.25, 0.3) is 5.91 Å². The Bertz CT molecular complexity index is 771. The monoisotopic (exact) mass is 284 g/mol. The zero-order chi connectivity index (χ0) is 14.7. The largest absolute Gasteiger partial charge is 0.340 e. The summed E-state index contributed by atoms with van der Waals surface area (Å²) in [6, 6.07) is 7.75. The fraction of sp³-hybridized carbons (Fsp3) is 0.0769. The van der Waals surface area contributed by atoms with Crippen molar-refractivity contribution in [2.45, 2.75) is 6.54 Å². The zero-order valence-corrected chi connectivity index (χ0v) is 10.9. The molecule has 0 fully saturated rings. The van der Waals surface area contributed by atoms with Crippen LogP contribution >= 0.6 is 0 Å². The zero-order valence-electron chi connectivity index (χ0n) is 10.9. The van der Waals surface area contributed by atoms with E-state index in [0.29, 0.717) is 12.2 Å². The Morgan fingerprint density at radius 1 is 1.43 bits per heavy atom. The molecule has 3 N–H and O–H groups in total. The summed E-state index contributed by atoms with van der Waals surface area (Å²) in [6.45, 7) is 0.446. The number of fused-ring (bicyclic) bond motifs is 1. The number of nitrogens with zero attached hydrogens (tertiary/aromatic N) is 4. The summed E-state index contributed by atoms with van der Waals surface area (Å²) in [5, 5.41) is 16.2. The molecule has 3 aromatic rings. The molecule has 106 valence electrons. The van der Waals surface area contributed by atoms with E-state index in [1.807, 2.05) is 24.3 Å². The molecule has 0 radical (unpaired) electrons. The van der Waals surface area contributed by atoms with Crippen LogP contribution in [0, 0.1) is 0 Å². The van der Waals surface area contributed by atoms with Crippen molar-refractivity contribution >= 4 is 23.0 Å². The number of hydroxylamine groups is 1. The average Bonchev–Trinajstić information content (AvgIpc) is 3.10. The number of carbonyl (C=O) groups is 1. The molecule has 0 saturated heterocycles. The lowest BCUT2D eigenvalue weighted by atomic mass is 10.3. The van der Waals surface area contributed by atoms with Gasteiger partial charge in [0.1, 0.15) is 18.1 Å². The fourth-order valence-corrected chi connectivity index (χ4v) is 1.90. The van der Waals surface area contributed by atoms with Crippen LogP contribution in [0.15, 0.2) is 36.5 Å². The first-order chi connectivity index (χ1) is 10.2. The lowest BCUT2D eigenvalue weighted by Crippen LogP contribution is -2.14. The number of H-pyrrole nitrogens is 1. The van der Waals surface area contributed by atoms with E-state index < -0.39 is 5.91 Å². The molecule has 0 aliphatic heterocycles. The molecule has 8 nitrogen and oxygen atoms in total. The predicted octanol–water partition coefficient (Wildman–Crippen LogP) is 0.721. The van der Waals surface area contributed by atoms with E-state index in [2.05, 4.69) is 20.3 Å².